The van der Waals surface area contributed by atoms with E-state index in [9.17, 15) is 15.1 Å². The first-order valence-corrected chi connectivity index (χ1v) is 8.18. The summed E-state index contributed by atoms with van der Waals surface area (Å²) in [6, 6.07) is 16.4. The first-order valence-electron chi connectivity index (χ1n) is 8.18. The maximum Gasteiger partial charge on any atom is 0.420 e. The molecule has 0 fully saturated rings. The standard InChI is InChI=1S/C20H21N3O3/c1-20(2,3)26-19(25)17(23-21)16(14-10-6-4-7-11-14)22-18(24)15-12-8-5-9-13-15/h4-13,16H,1-3H3,(H,22,24). The van der Waals surface area contributed by atoms with Gasteiger partial charge in [0.05, 0.1) is 0 Å². The van der Waals surface area contributed by atoms with Crippen LogP contribution in [0.2, 0.25) is 0 Å². The summed E-state index contributed by atoms with van der Waals surface area (Å²) in [4.78, 5) is 28.1. The van der Waals surface area contributed by atoms with E-state index in [1.807, 2.05) is 6.07 Å². The third-order valence-corrected chi connectivity index (χ3v) is 3.43. The molecule has 1 unspecified atom stereocenters. The van der Waals surface area contributed by atoms with Crippen molar-refractivity contribution in [2.75, 3.05) is 0 Å². The Labute approximate surface area is 152 Å². The number of amides is 1. The second kappa shape index (κ2) is 8.23. The highest BCUT2D eigenvalue weighted by Crippen LogP contribution is 2.18. The molecule has 134 valence electrons. The average molecular weight is 351 g/mol. The van der Waals surface area contributed by atoms with Crippen LogP contribution in [0.3, 0.4) is 0 Å². The van der Waals surface area contributed by atoms with Crippen LogP contribution in [0.5, 0.6) is 0 Å². The van der Waals surface area contributed by atoms with Crippen LogP contribution in [0.15, 0.2) is 60.7 Å². The summed E-state index contributed by atoms with van der Waals surface area (Å²) < 4.78 is 5.30. The van der Waals surface area contributed by atoms with E-state index in [-0.39, 0.29) is 5.71 Å². The van der Waals surface area contributed by atoms with Gasteiger partial charge in [0.1, 0.15) is 5.60 Å². The van der Waals surface area contributed by atoms with Crippen molar-refractivity contribution in [3.8, 4) is 0 Å². The number of rotatable bonds is 5. The number of nitrogens with one attached hydrogen (secondary N) is 1. The SMILES string of the molecule is CC(C)(C)OC(=O)C(=[N+]=[N-])C(NC(=O)c1ccccc1)c1ccccc1. The summed E-state index contributed by atoms with van der Waals surface area (Å²) in [7, 11) is 0. The fraction of sp³-hybridized carbons (Fsp3) is 0.250. The predicted octanol–water partition coefficient (Wildman–Crippen LogP) is 3.17. The third kappa shape index (κ3) is 5.13. The topological polar surface area (TPSA) is 91.8 Å². The molecule has 26 heavy (non-hydrogen) atoms. The van der Waals surface area contributed by atoms with Crippen LogP contribution in [-0.4, -0.2) is 28.0 Å². The van der Waals surface area contributed by atoms with Crippen LogP contribution < -0.4 is 5.32 Å². The Morgan fingerprint density at radius 1 is 1.00 bits per heavy atom. The molecule has 2 aromatic rings. The van der Waals surface area contributed by atoms with E-state index in [4.69, 9.17) is 4.74 Å². The molecule has 6 heteroatoms. The number of carbonyl (C=O) groups excluding carboxylic acids is 2. The zero-order valence-corrected chi connectivity index (χ0v) is 15.0. The Hall–Kier alpha value is -3.24. The number of hydrogen-bond donors (Lipinski definition) is 1. The molecule has 0 heterocycles. The number of ether oxygens (including phenoxy) is 1. The molecule has 0 aliphatic heterocycles. The van der Waals surface area contributed by atoms with Crippen molar-refractivity contribution in [2.45, 2.75) is 32.4 Å². The van der Waals surface area contributed by atoms with Gasteiger partial charge in [-0.25, -0.2) is 4.79 Å². The monoisotopic (exact) mass is 351 g/mol. The number of nitrogens with zero attached hydrogens (tertiary/aromatic N) is 2. The Bertz CT molecular complexity index is 820. The lowest BCUT2D eigenvalue weighted by Crippen LogP contribution is -2.40. The Morgan fingerprint density at radius 2 is 1.54 bits per heavy atom. The fourth-order valence-corrected chi connectivity index (χ4v) is 2.31. The second-order valence-corrected chi connectivity index (χ2v) is 6.67. The lowest BCUT2D eigenvalue weighted by atomic mass is 10.0. The van der Waals surface area contributed by atoms with Gasteiger partial charge in [-0.05, 0) is 38.5 Å². The van der Waals surface area contributed by atoms with Gasteiger partial charge in [-0.3, -0.25) is 4.79 Å². The van der Waals surface area contributed by atoms with Gasteiger partial charge in [-0.2, -0.15) is 4.79 Å². The van der Waals surface area contributed by atoms with E-state index in [1.165, 1.54) is 0 Å². The van der Waals surface area contributed by atoms with Crippen LogP contribution in [0.1, 0.15) is 42.7 Å². The van der Waals surface area contributed by atoms with E-state index < -0.39 is 23.5 Å². The Balaban J connectivity index is 2.36. The molecule has 6 nitrogen and oxygen atoms in total. The number of esters is 1. The van der Waals surface area contributed by atoms with Crippen molar-refractivity contribution in [3.05, 3.63) is 77.3 Å². The predicted molar refractivity (Wildman–Crippen MR) is 97.6 cm³/mol. The van der Waals surface area contributed by atoms with E-state index in [1.54, 1.807) is 75.4 Å². The van der Waals surface area contributed by atoms with Gasteiger partial charge in [-0.15, -0.1) is 0 Å². The summed E-state index contributed by atoms with van der Waals surface area (Å²) >= 11 is 0. The van der Waals surface area contributed by atoms with Crippen LogP contribution in [0.4, 0.5) is 0 Å². The van der Waals surface area contributed by atoms with E-state index in [0.717, 1.165) is 0 Å². The van der Waals surface area contributed by atoms with E-state index in [2.05, 4.69) is 10.1 Å². The van der Waals surface area contributed by atoms with Crippen molar-refractivity contribution in [1.29, 1.82) is 0 Å². The Morgan fingerprint density at radius 3 is 2.04 bits per heavy atom. The smallest absolute Gasteiger partial charge is 0.420 e. The molecule has 2 aromatic carbocycles. The minimum Gasteiger partial charge on any atom is -0.451 e. The van der Waals surface area contributed by atoms with E-state index >= 15 is 0 Å². The van der Waals surface area contributed by atoms with Gasteiger partial charge in [0.15, 0.2) is 6.04 Å². The summed E-state index contributed by atoms with van der Waals surface area (Å²) in [5.41, 5.74) is 9.40. The first kappa shape index (κ1) is 19.1. The number of carbonyl (C=O) groups is 2. The van der Waals surface area contributed by atoms with Crippen LogP contribution in [0, 0.1) is 0 Å². The summed E-state index contributed by atoms with van der Waals surface area (Å²) in [5, 5.41) is 2.74. The highest BCUT2D eigenvalue weighted by molar-refractivity contribution is 6.36. The molecule has 0 bridgehead atoms. The molecule has 0 aromatic heterocycles. The lowest BCUT2D eigenvalue weighted by Gasteiger charge is -2.20. The molecule has 0 aliphatic rings. The zero-order valence-electron chi connectivity index (χ0n) is 15.0. The normalized spacial score (nSPS) is 11.8. The molecule has 1 N–H and O–H groups in total. The van der Waals surface area contributed by atoms with Gasteiger partial charge >= 0.3 is 11.7 Å². The quantitative estimate of drug-likeness (QED) is 0.388. The van der Waals surface area contributed by atoms with Crippen molar-refractivity contribution < 1.29 is 19.1 Å². The van der Waals surface area contributed by atoms with Crippen molar-refractivity contribution in [2.24, 2.45) is 0 Å². The summed E-state index contributed by atoms with van der Waals surface area (Å²) in [6.45, 7) is 5.12. The maximum absolute atomic E-state index is 12.6. The first-order chi connectivity index (χ1) is 12.3. The highest BCUT2D eigenvalue weighted by Gasteiger charge is 2.37. The third-order valence-electron chi connectivity index (χ3n) is 3.43. The van der Waals surface area contributed by atoms with Gasteiger partial charge in [0.2, 0.25) is 0 Å². The second-order valence-electron chi connectivity index (χ2n) is 6.67. The van der Waals surface area contributed by atoms with Gasteiger partial charge in [0.25, 0.3) is 5.91 Å². The molecule has 0 saturated heterocycles. The van der Waals surface area contributed by atoms with Gasteiger partial charge in [0, 0.05) is 5.56 Å². The largest absolute Gasteiger partial charge is 0.451 e. The minimum atomic E-state index is -0.955. The van der Waals surface area contributed by atoms with Crippen LogP contribution in [-0.2, 0) is 9.53 Å². The Kier molecular flexibility index (Phi) is 6.04. The summed E-state index contributed by atoms with van der Waals surface area (Å²) in [6.07, 6.45) is 0. The molecule has 1 atom stereocenters. The van der Waals surface area contributed by atoms with Crippen molar-refractivity contribution in [1.82, 2.24) is 5.32 Å². The molecule has 2 rings (SSSR count). The molecule has 0 saturated carbocycles. The number of benzene rings is 2. The average Bonchev–Trinajstić information content (AvgIpc) is 2.61. The fourth-order valence-electron chi connectivity index (χ4n) is 2.31. The van der Waals surface area contributed by atoms with Crippen LogP contribution in [0.25, 0.3) is 5.53 Å². The molecule has 1 amide bonds. The lowest BCUT2D eigenvalue weighted by molar-refractivity contribution is -0.151. The zero-order chi connectivity index (χ0) is 19.2. The summed E-state index contributed by atoms with van der Waals surface area (Å²) in [5.74, 6) is -1.20. The molecule has 0 radical (unpaired) electrons. The molecule has 0 aliphatic carbocycles. The minimum absolute atomic E-state index is 0.296. The van der Waals surface area contributed by atoms with Gasteiger partial charge < -0.3 is 15.6 Å². The van der Waals surface area contributed by atoms with Crippen LogP contribution >= 0.6 is 0 Å². The maximum atomic E-state index is 12.6. The molecule has 0 spiro atoms. The number of hydrogen-bond acceptors (Lipinski definition) is 3. The van der Waals surface area contributed by atoms with E-state index in [0.29, 0.717) is 11.1 Å². The van der Waals surface area contributed by atoms with Crippen molar-refractivity contribution >= 4 is 17.6 Å². The van der Waals surface area contributed by atoms with Crippen molar-refractivity contribution in [3.63, 3.8) is 0 Å². The van der Waals surface area contributed by atoms with Gasteiger partial charge in [-0.1, -0.05) is 48.5 Å². The molecular formula is C20H21N3O3. The highest BCUT2D eigenvalue weighted by atomic mass is 16.6. The molecular weight excluding hydrogens is 330 g/mol.